The summed E-state index contributed by atoms with van der Waals surface area (Å²) in [6.45, 7) is 9.58. The summed E-state index contributed by atoms with van der Waals surface area (Å²) in [5.74, 6) is 0.562. The maximum atomic E-state index is 6.34. The van der Waals surface area contributed by atoms with E-state index in [4.69, 9.17) is 5.73 Å². The van der Waals surface area contributed by atoms with Crippen LogP contribution in [0.5, 0.6) is 0 Å². The standard InChI is InChI=1S/C13H25N3/c1-5-10(6-2)13(14)12-9-11(7-3)15-16(12)8-4/h9-10,13H,5-8,14H2,1-4H3. The summed E-state index contributed by atoms with van der Waals surface area (Å²) >= 11 is 0. The lowest BCUT2D eigenvalue weighted by Crippen LogP contribution is -2.23. The Balaban J connectivity index is 2.96. The first-order valence-electron chi connectivity index (χ1n) is 6.49. The molecule has 2 N–H and O–H groups in total. The average Bonchev–Trinajstić information content (AvgIpc) is 2.73. The van der Waals surface area contributed by atoms with E-state index in [1.807, 2.05) is 0 Å². The first kappa shape index (κ1) is 13.2. The molecule has 0 aliphatic rings. The Morgan fingerprint density at radius 3 is 2.31 bits per heavy atom. The molecule has 16 heavy (non-hydrogen) atoms. The van der Waals surface area contributed by atoms with E-state index in [2.05, 4.69) is 43.5 Å². The predicted molar refractivity (Wildman–Crippen MR) is 68.3 cm³/mol. The van der Waals surface area contributed by atoms with Crippen LogP contribution in [-0.2, 0) is 13.0 Å². The second kappa shape index (κ2) is 6.04. The Kier molecular flexibility index (Phi) is 5.00. The largest absolute Gasteiger partial charge is 0.322 e. The van der Waals surface area contributed by atoms with Gasteiger partial charge in [-0.05, 0) is 25.3 Å². The highest BCUT2D eigenvalue weighted by molar-refractivity contribution is 5.15. The van der Waals surface area contributed by atoms with Crippen molar-refractivity contribution in [3.63, 3.8) is 0 Å². The molecule has 0 saturated carbocycles. The van der Waals surface area contributed by atoms with Crippen LogP contribution in [0.2, 0.25) is 0 Å². The van der Waals surface area contributed by atoms with E-state index in [0.29, 0.717) is 5.92 Å². The predicted octanol–water partition coefficient (Wildman–Crippen LogP) is 2.90. The molecule has 0 saturated heterocycles. The van der Waals surface area contributed by atoms with Gasteiger partial charge in [0, 0.05) is 12.6 Å². The van der Waals surface area contributed by atoms with Gasteiger partial charge in [0.05, 0.1) is 11.4 Å². The van der Waals surface area contributed by atoms with Gasteiger partial charge in [0.1, 0.15) is 0 Å². The molecular formula is C13H25N3. The molecule has 3 heteroatoms. The molecule has 1 atom stereocenters. The molecule has 0 aromatic carbocycles. The van der Waals surface area contributed by atoms with Crippen molar-refractivity contribution in [2.75, 3.05) is 0 Å². The van der Waals surface area contributed by atoms with Gasteiger partial charge in [-0.1, -0.05) is 33.6 Å². The van der Waals surface area contributed by atoms with E-state index in [1.165, 1.54) is 5.69 Å². The molecule has 0 aliphatic carbocycles. The highest BCUT2D eigenvalue weighted by Crippen LogP contribution is 2.25. The van der Waals surface area contributed by atoms with Crippen LogP contribution in [0.4, 0.5) is 0 Å². The van der Waals surface area contributed by atoms with Crippen molar-refractivity contribution in [2.24, 2.45) is 11.7 Å². The average molecular weight is 223 g/mol. The summed E-state index contributed by atoms with van der Waals surface area (Å²) in [5, 5.41) is 4.56. The molecular weight excluding hydrogens is 198 g/mol. The molecule has 3 nitrogen and oxygen atoms in total. The minimum absolute atomic E-state index is 0.128. The third-order valence-corrected chi connectivity index (χ3v) is 3.42. The van der Waals surface area contributed by atoms with Gasteiger partial charge in [-0.2, -0.15) is 5.10 Å². The maximum Gasteiger partial charge on any atom is 0.0625 e. The molecule has 0 amide bonds. The van der Waals surface area contributed by atoms with Crippen molar-refractivity contribution in [1.29, 1.82) is 0 Å². The van der Waals surface area contributed by atoms with Gasteiger partial charge in [0.2, 0.25) is 0 Å². The van der Waals surface area contributed by atoms with Gasteiger partial charge in [-0.25, -0.2) is 0 Å². The Bertz CT molecular complexity index is 313. The highest BCUT2D eigenvalue weighted by Gasteiger charge is 2.20. The topological polar surface area (TPSA) is 43.8 Å². The van der Waals surface area contributed by atoms with Crippen molar-refractivity contribution >= 4 is 0 Å². The summed E-state index contributed by atoms with van der Waals surface area (Å²) in [7, 11) is 0. The van der Waals surface area contributed by atoms with Crippen LogP contribution < -0.4 is 5.73 Å². The fraction of sp³-hybridized carbons (Fsp3) is 0.769. The highest BCUT2D eigenvalue weighted by atomic mass is 15.3. The Hall–Kier alpha value is -0.830. The van der Waals surface area contributed by atoms with Crippen LogP contribution in [-0.4, -0.2) is 9.78 Å². The lowest BCUT2D eigenvalue weighted by atomic mass is 9.92. The number of nitrogens with two attached hydrogens (primary N) is 1. The maximum absolute atomic E-state index is 6.34. The minimum atomic E-state index is 0.128. The molecule has 0 fully saturated rings. The summed E-state index contributed by atoms with van der Waals surface area (Å²) in [6.07, 6.45) is 3.25. The molecule has 0 radical (unpaired) electrons. The van der Waals surface area contributed by atoms with Gasteiger partial charge in [0.15, 0.2) is 0 Å². The molecule has 0 aliphatic heterocycles. The van der Waals surface area contributed by atoms with Crippen molar-refractivity contribution in [3.05, 3.63) is 17.5 Å². The van der Waals surface area contributed by atoms with E-state index in [1.54, 1.807) is 0 Å². The number of hydrogen-bond acceptors (Lipinski definition) is 2. The number of aromatic nitrogens is 2. The Morgan fingerprint density at radius 1 is 1.25 bits per heavy atom. The SMILES string of the molecule is CCc1cc(C(N)C(CC)CC)n(CC)n1. The van der Waals surface area contributed by atoms with Gasteiger partial charge >= 0.3 is 0 Å². The second-order valence-electron chi connectivity index (χ2n) is 4.33. The van der Waals surface area contributed by atoms with Crippen LogP contribution >= 0.6 is 0 Å². The van der Waals surface area contributed by atoms with Gasteiger partial charge in [0.25, 0.3) is 0 Å². The fourth-order valence-corrected chi connectivity index (χ4v) is 2.22. The third-order valence-electron chi connectivity index (χ3n) is 3.42. The van der Waals surface area contributed by atoms with Crippen molar-refractivity contribution in [1.82, 2.24) is 9.78 Å². The summed E-state index contributed by atoms with van der Waals surface area (Å²) < 4.78 is 2.06. The lowest BCUT2D eigenvalue weighted by Gasteiger charge is -2.21. The first-order chi connectivity index (χ1) is 7.67. The van der Waals surface area contributed by atoms with E-state index in [0.717, 1.165) is 31.5 Å². The molecule has 1 aromatic rings. The van der Waals surface area contributed by atoms with Crippen LogP contribution in [0, 0.1) is 5.92 Å². The van der Waals surface area contributed by atoms with E-state index < -0.39 is 0 Å². The zero-order chi connectivity index (χ0) is 12.1. The van der Waals surface area contributed by atoms with Gasteiger partial charge in [-0.15, -0.1) is 0 Å². The molecule has 92 valence electrons. The van der Waals surface area contributed by atoms with Gasteiger partial charge in [-0.3, -0.25) is 4.68 Å². The number of aryl methyl sites for hydroxylation is 2. The zero-order valence-corrected chi connectivity index (χ0v) is 11.0. The van der Waals surface area contributed by atoms with Crippen molar-refractivity contribution in [3.8, 4) is 0 Å². The van der Waals surface area contributed by atoms with Crippen LogP contribution in [0.15, 0.2) is 6.07 Å². The van der Waals surface area contributed by atoms with Crippen LogP contribution in [0.3, 0.4) is 0 Å². The Morgan fingerprint density at radius 2 is 1.88 bits per heavy atom. The summed E-state index contributed by atoms with van der Waals surface area (Å²) in [6, 6.07) is 2.30. The summed E-state index contributed by atoms with van der Waals surface area (Å²) in [4.78, 5) is 0. The number of hydrogen-bond donors (Lipinski definition) is 1. The monoisotopic (exact) mass is 223 g/mol. The van der Waals surface area contributed by atoms with Gasteiger partial charge < -0.3 is 5.73 Å². The van der Waals surface area contributed by atoms with E-state index >= 15 is 0 Å². The molecule has 0 bridgehead atoms. The first-order valence-corrected chi connectivity index (χ1v) is 6.49. The van der Waals surface area contributed by atoms with Crippen LogP contribution in [0.1, 0.15) is 58.0 Å². The zero-order valence-electron chi connectivity index (χ0n) is 11.0. The van der Waals surface area contributed by atoms with Crippen molar-refractivity contribution < 1.29 is 0 Å². The quantitative estimate of drug-likeness (QED) is 0.806. The van der Waals surface area contributed by atoms with E-state index in [9.17, 15) is 0 Å². The molecule has 1 rings (SSSR count). The smallest absolute Gasteiger partial charge is 0.0625 e. The van der Waals surface area contributed by atoms with Crippen LogP contribution in [0.25, 0.3) is 0 Å². The normalized spacial score (nSPS) is 13.4. The molecule has 1 heterocycles. The molecule has 1 unspecified atom stereocenters. The molecule has 1 aromatic heterocycles. The fourth-order valence-electron chi connectivity index (χ4n) is 2.22. The molecule has 0 spiro atoms. The lowest BCUT2D eigenvalue weighted by molar-refractivity contribution is 0.383. The van der Waals surface area contributed by atoms with E-state index in [-0.39, 0.29) is 6.04 Å². The summed E-state index contributed by atoms with van der Waals surface area (Å²) in [5.41, 5.74) is 8.70. The third kappa shape index (κ3) is 2.64. The number of rotatable bonds is 6. The van der Waals surface area contributed by atoms with Crippen molar-refractivity contribution in [2.45, 2.75) is 59.5 Å². The second-order valence-corrected chi connectivity index (χ2v) is 4.33. The Labute approximate surface area is 99.0 Å². The minimum Gasteiger partial charge on any atom is -0.322 e. The number of nitrogens with zero attached hydrogens (tertiary/aromatic N) is 2.